The number of sulfone groups is 1. The van der Waals surface area contributed by atoms with Crippen molar-refractivity contribution in [3.8, 4) is 0 Å². The lowest BCUT2D eigenvalue weighted by molar-refractivity contribution is 0.0694. The maximum Gasteiger partial charge on any atom is 0.341 e. The molecule has 1 aromatic rings. The van der Waals surface area contributed by atoms with Crippen LogP contribution in [-0.2, 0) is 9.84 Å². The van der Waals surface area contributed by atoms with E-state index < -0.39 is 21.2 Å². The van der Waals surface area contributed by atoms with Crippen molar-refractivity contribution < 1.29 is 18.3 Å². The molecule has 1 N–H and O–H groups in total. The van der Waals surface area contributed by atoms with Crippen LogP contribution < -0.4 is 5.43 Å². The number of carboxylic acids is 1. The Balaban J connectivity index is 2.47. The van der Waals surface area contributed by atoms with Crippen molar-refractivity contribution in [3.63, 3.8) is 0 Å². The van der Waals surface area contributed by atoms with Crippen LogP contribution in [0.25, 0.3) is 0 Å². The van der Waals surface area contributed by atoms with Gasteiger partial charge < -0.3 is 9.67 Å². The number of carboxylic acid groups (broad SMARTS) is 1. The Labute approximate surface area is 110 Å². The summed E-state index contributed by atoms with van der Waals surface area (Å²) >= 11 is 0. The molecule has 0 amide bonds. The van der Waals surface area contributed by atoms with Gasteiger partial charge in [0.2, 0.25) is 0 Å². The molecule has 0 radical (unpaired) electrons. The molecule has 0 bridgehead atoms. The lowest BCUT2D eigenvalue weighted by atomic mass is 10.1. The number of hydrogen-bond donors (Lipinski definition) is 1. The number of aromatic carboxylic acids is 1. The zero-order valence-corrected chi connectivity index (χ0v) is 11.3. The molecule has 19 heavy (non-hydrogen) atoms. The lowest BCUT2D eigenvalue weighted by Gasteiger charge is -2.26. The predicted octanol–water partition coefficient (Wildman–Crippen LogP) is 0.605. The number of aryl methyl sites for hydroxylation is 1. The topological polar surface area (TPSA) is 93.4 Å². The van der Waals surface area contributed by atoms with Gasteiger partial charge in [0, 0.05) is 24.0 Å². The van der Waals surface area contributed by atoms with Crippen molar-refractivity contribution in [2.24, 2.45) is 0 Å². The Hall–Kier alpha value is -1.63. The van der Waals surface area contributed by atoms with Gasteiger partial charge >= 0.3 is 5.97 Å². The second-order valence-electron chi connectivity index (χ2n) is 4.82. The molecule has 2 rings (SSSR count). The molecule has 6 nitrogen and oxygen atoms in total. The van der Waals surface area contributed by atoms with E-state index in [1.165, 1.54) is 12.3 Å². The number of hydrogen-bond acceptors (Lipinski definition) is 4. The molecule has 104 valence electrons. The summed E-state index contributed by atoms with van der Waals surface area (Å²) in [5, 5.41) is 8.95. The van der Waals surface area contributed by atoms with Crippen LogP contribution in [-0.4, -0.2) is 35.6 Å². The van der Waals surface area contributed by atoms with Crippen LogP contribution in [0.5, 0.6) is 0 Å². The van der Waals surface area contributed by atoms with E-state index in [4.69, 9.17) is 5.11 Å². The first-order valence-corrected chi connectivity index (χ1v) is 7.79. The van der Waals surface area contributed by atoms with Gasteiger partial charge in [-0.05, 0) is 19.8 Å². The molecule has 1 unspecified atom stereocenters. The third-order valence-corrected chi connectivity index (χ3v) is 5.15. The van der Waals surface area contributed by atoms with E-state index in [9.17, 15) is 18.0 Å². The lowest BCUT2D eigenvalue weighted by Crippen LogP contribution is -2.30. The van der Waals surface area contributed by atoms with Gasteiger partial charge in [-0.3, -0.25) is 4.79 Å². The zero-order chi connectivity index (χ0) is 14.2. The van der Waals surface area contributed by atoms with Gasteiger partial charge in [-0.15, -0.1) is 0 Å². The van der Waals surface area contributed by atoms with Crippen molar-refractivity contribution in [1.82, 2.24) is 4.57 Å². The molecule has 0 spiro atoms. The normalized spacial score (nSPS) is 22.1. The monoisotopic (exact) mass is 285 g/mol. The van der Waals surface area contributed by atoms with E-state index in [1.807, 2.05) is 0 Å². The minimum absolute atomic E-state index is 0.00420. The van der Waals surface area contributed by atoms with Crippen LogP contribution in [0, 0.1) is 6.92 Å². The van der Waals surface area contributed by atoms with Gasteiger partial charge in [-0.25, -0.2) is 13.2 Å². The fourth-order valence-electron chi connectivity index (χ4n) is 2.42. The SMILES string of the molecule is Cc1cc(=O)c(C(=O)O)cn1C1CCCS(=O)(=O)C1. The van der Waals surface area contributed by atoms with Gasteiger partial charge in [-0.2, -0.15) is 0 Å². The van der Waals surface area contributed by atoms with E-state index in [-0.39, 0.29) is 23.1 Å². The second-order valence-corrected chi connectivity index (χ2v) is 7.04. The smallest absolute Gasteiger partial charge is 0.341 e. The van der Waals surface area contributed by atoms with Crippen molar-refractivity contribution >= 4 is 15.8 Å². The third kappa shape index (κ3) is 2.86. The summed E-state index contributed by atoms with van der Waals surface area (Å²) in [5.41, 5.74) is -0.300. The van der Waals surface area contributed by atoms with E-state index in [0.717, 1.165) is 0 Å². The Morgan fingerprint density at radius 1 is 1.47 bits per heavy atom. The van der Waals surface area contributed by atoms with Crippen molar-refractivity contribution in [3.05, 3.63) is 33.7 Å². The first-order valence-electron chi connectivity index (χ1n) is 5.97. The summed E-state index contributed by atoms with van der Waals surface area (Å²) in [6, 6.07) is 0.947. The molecule has 1 saturated heterocycles. The summed E-state index contributed by atoms with van der Waals surface area (Å²) in [6.07, 6.45) is 2.48. The summed E-state index contributed by atoms with van der Waals surface area (Å²) in [6.45, 7) is 1.67. The molecule has 1 atom stereocenters. The van der Waals surface area contributed by atoms with E-state index in [2.05, 4.69) is 0 Å². The van der Waals surface area contributed by atoms with E-state index in [1.54, 1.807) is 11.5 Å². The summed E-state index contributed by atoms with van der Waals surface area (Å²) in [5.74, 6) is -1.12. The van der Waals surface area contributed by atoms with Crippen LogP contribution in [0.4, 0.5) is 0 Å². The van der Waals surface area contributed by atoms with Crippen LogP contribution in [0.15, 0.2) is 17.1 Å². The Morgan fingerprint density at radius 3 is 2.74 bits per heavy atom. The number of nitrogens with zero attached hydrogens (tertiary/aromatic N) is 1. The number of pyridine rings is 1. The fraction of sp³-hybridized carbons (Fsp3) is 0.500. The van der Waals surface area contributed by atoms with Gasteiger partial charge in [0.1, 0.15) is 5.56 Å². The molecule has 1 aliphatic rings. The Kier molecular flexibility index (Phi) is 3.49. The molecule has 7 heteroatoms. The minimum Gasteiger partial charge on any atom is -0.477 e. The quantitative estimate of drug-likeness (QED) is 0.859. The number of rotatable bonds is 2. The van der Waals surface area contributed by atoms with Crippen molar-refractivity contribution in [2.75, 3.05) is 11.5 Å². The van der Waals surface area contributed by atoms with Crippen molar-refractivity contribution in [2.45, 2.75) is 25.8 Å². The highest BCUT2D eigenvalue weighted by molar-refractivity contribution is 7.91. The molecular formula is C12H15NO5S. The fourth-order valence-corrected chi connectivity index (χ4v) is 4.11. The summed E-state index contributed by atoms with van der Waals surface area (Å²) < 4.78 is 24.9. The molecule has 0 saturated carbocycles. The van der Waals surface area contributed by atoms with Crippen LogP contribution in [0.2, 0.25) is 0 Å². The molecular weight excluding hydrogens is 270 g/mol. The Bertz CT molecular complexity index is 674. The third-order valence-electron chi connectivity index (χ3n) is 3.34. The molecule has 0 aliphatic carbocycles. The number of carbonyl (C=O) groups is 1. The molecule has 1 aliphatic heterocycles. The molecule has 2 heterocycles. The van der Waals surface area contributed by atoms with Gasteiger partial charge in [0.05, 0.1) is 11.5 Å². The van der Waals surface area contributed by atoms with Crippen LogP contribution in [0.1, 0.15) is 34.9 Å². The highest BCUT2D eigenvalue weighted by Gasteiger charge is 2.27. The highest BCUT2D eigenvalue weighted by atomic mass is 32.2. The maximum absolute atomic E-state index is 11.6. The van der Waals surface area contributed by atoms with Crippen LogP contribution in [0.3, 0.4) is 0 Å². The standard InChI is InChI=1S/C12H15NO5S/c1-8-5-11(14)10(12(15)16)6-13(8)9-3-2-4-19(17,18)7-9/h5-6,9H,2-4,7H2,1H3,(H,15,16). The zero-order valence-electron chi connectivity index (χ0n) is 10.5. The van der Waals surface area contributed by atoms with Gasteiger partial charge in [-0.1, -0.05) is 0 Å². The van der Waals surface area contributed by atoms with E-state index in [0.29, 0.717) is 18.5 Å². The average molecular weight is 285 g/mol. The highest BCUT2D eigenvalue weighted by Crippen LogP contribution is 2.24. The first kappa shape index (κ1) is 13.8. The van der Waals surface area contributed by atoms with Crippen LogP contribution >= 0.6 is 0 Å². The first-order chi connectivity index (χ1) is 8.80. The van der Waals surface area contributed by atoms with Gasteiger partial charge in [0.15, 0.2) is 15.3 Å². The number of aromatic nitrogens is 1. The largest absolute Gasteiger partial charge is 0.477 e. The second kappa shape index (κ2) is 4.80. The average Bonchev–Trinajstić information content (AvgIpc) is 2.26. The predicted molar refractivity (Wildman–Crippen MR) is 69.3 cm³/mol. The molecule has 1 fully saturated rings. The minimum atomic E-state index is -3.09. The summed E-state index contributed by atoms with van der Waals surface area (Å²) in [4.78, 5) is 22.5. The van der Waals surface area contributed by atoms with E-state index >= 15 is 0 Å². The van der Waals surface area contributed by atoms with Crippen molar-refractivity contribution in [1.29, 1.82) is 0 Å². The molecule has 1 aromatic heterocycles. The maximum atomic E-state index is 11.6. The molecule has 0 aromatic carbocycles. The van der Waals surface area contributed by atoms with Gasteiger partial charge in [0.25, 0.3) is 0 Å². The Morgan fingerprint density at radius 2 is 2.16 bits per heavy atom. The summed E-state index contributed by atoms with van der Waals surface area (Å²) in [7, 11) is -3.09.